The average Bonchev–Trinajstić information content (AvgIpc) is 2.78. The van der Waals surface area contributed by atoms with Crippen molar-refractivity contribution < 1.29 is 14.6 Å². The van der Waals surface area contributed by atoms with Crippen molar-refractivity contribution in [3.05, 3.63) is 35.5 Å². The summed E-state index contributed by atoms with van der Waals surface area (Å²) in [4.78, 5) is 12.1. The third-order valence-corrected chi connectivity index (χ3v) is 3.09. The molecule has 0 bridgehead atoms. The summed E-state index contributed by atoms with van der Waals surface area (Å²) in [6.07, 6.45) is 0. The van der Waals surface area contributed by atoms with Gasteiger partial charge in [0.1, 0.15) is 5.69 Å². The van der Waals surface area contributed by atoms with Crippen LogP contribution in [0.5, 0.6) is 0 Å². The predicted octanol–water partition coefficient (Wildman–Crippen LogP) is 3.92. The summed E-state index contributed by atoms with van der Waals surface area (Å²) >= 11 is 0. The van der Waals surface area contributed by atoms with Crippen LogP contribution in [-0.4, -0.2) is 27.9 Å². The van der Waals surface area contributed by atoms with Crippen LogP contribution in [0.2, 0.25) is 0 Å². The smallest absolute Gasteiger partial charge is 0.354 e. The second kappa shape index (κ2) is 7.45. The summed E-state index contributed by atoms with van der Waals surface area (Å²) in [5.41, 5.74) is 1.63. The zero-order valence-corrected chi connectivity index (χ0v) is 14.4. The Morgan fingerprint density at radius 3 is 2.45 bits per heavy atom. The van der Waals surface area contributed by atoms with Crippen LogP contribution in [0.1, 0.15) is 50.7 Å². The number of hydrogen-bond acceptors (Lipinski definition) is 3. The number of aryl methyl sites for hydroxylation is 1. The number of carbonyl (C=O) groups excluding carboxylic acids is 1. The fourth-order valence-corrected chi connectivity index (χ4v) is 2.30. The van der Waals surface area contributed by atoms with Gasteiger partial charge in [-0.25, -0.2) is 4.79 Å². The number of hydrogen-bond donors (Lipinski definition) is 1. The first-order valence-electron chi connectivity index (χ1n) is 7.81. The molecule has 0 fully saturated rings. The summed E-state index contributed by atoms with van der Waals surface area (Å²) in [5, 5.41) is 11.1. The number of ether oxygens (including phenoxy) is 1. The summed E-state index contributed by atoms with van der Waals surface area (Å²) in [7, 11) is 0. The molecular weight excluding hydrogens is 278 g/mol. The molecule has 1 heterocycles. The van der Waals surface area contributed by atoms with Crippen molar-refractivity contribution in [2.45, 2.75) is 53.7 Å². The maximum absolute atomic E-state index is 12.1. The minimum absolute atomic E-state index is 0.335. The molecule has 2 aromatic rings. The number of esters is 1. The molecule has 0 spiro atoms. The molecule has 1 aromatic carbocycles. The van der Waals surface area contributed by atoms with Crippen LogP contribution in [-0.2, 0) is 11.3 Å². The van der Waals surface area contributed by atoms with Gasteiger partial charge in [0.25, 0.3) is 0 Å². The average molecular weight is 305 g/mol. The maximum Gasteiger partial charge on any atom is 0.354 e. The number of aromatic nitrogens is 1. The van der Waals surface area contributed by atoms with E-state index in [0.29, 0.717) is 18.8 Å². The van der Waals surface area contributed by atoms with Gasteiger partial charge in [-0.1, -0.05) is 26.0 Å². The third-order valence-electron chi connectivity index (χ3n) is 3.09. The van der Waals surface area contributed by atoms with Crippen molar-refractivity contribution >= 4 is 16.9 Å². The molecule has 122 valence electrons. The van der Waals surface area contributed by atoms with Crippen LogP contribution in [0.4, 0.5) is 0 Å². The Morgan fingerprint density at radius 1 is 1.27 bits per heavy atom. The lowest BCUT2D eigenvalue weighted by Crippen LogP contribution is -2.28. The number of rotatable bonds is 4. The quantitative estimate of drug-likeness (QED) is 0.871. The second-order valence-electron chi connectivity index (χ2n) is 5.71. The van der Waals surface area contributed by atoms with Gasteiger partial charge in [0.15, 0.2) is 0 Å². The minimum Gasteiger partial charge on any atom is -0.461 e. The second-order valence-corrected chi connectivity index (χ2v) is 5.71. The number of fused-ring (bicyclic) bond motifs is 1. The molecule has 4 heteroatoms. The summed E-state index contributed by atoms with van der Waals surface area (Å²) in [6.45, 7) is 11.9. The Hall–Kier alpha value is -1.81. The lowest BCUT2D eigenvalue weighted by molar-refractivity contribution is 0.0476. The number of benzene rings is 1. The Morgan fingerprint density at radius 2 is 1.91 bits per heavy atom. The van der Waals surface area contributed by atoms with E-state index in [0.717, 1.165) is 16.5 Å². The van der Waals surface area contributed by atoms with Crippen molar-refractivity contribution in [2.24, 2.45) is 0 Å². The molecule has 0 saturated carbocycles. The molecule has 22 heavy (non-hydrogen) atoms. The van der Waals surface area contributed by atoms with Gasteiger partial charge in [0.05, 0.1) is 18.8 Å². The van der Waals surface area contributed by atoms with Crippen LogP contribution in [0.25, 0.3) is 10.9 Å². The lowest BCUT2D eigenvalue weighted by Gasteiger charge is -2.20. The fraction of sp³-hybridized carbons (Fsp3) is 0.500. The standard InChI is InChI=1S/C16H21NO3.C2H6/c1-5-20-15(18)14-9-12-7-6-11(2)8-13(12)17(14)10-16(3,4)19;1-2/h6-9,19H,5,10H2,1-4H3;1-2H3. The first kappa shape index (κ1) is 18.2. The van der Waals surface area contributed by atoms with Crippen LogP contribution in [0.3, 0.4) is 0 Å². The van der Waals surface area contributed by atoms with Crippen molar-refractivity contribution in [3.63, 3.8) is 0 Å². The monoisotopic (exact) mass is 305 g/mol. The zero-order valence-electron chi connectivity index (χ0n) is 14.4. The van der Waals surface area contributed by atoms with Crippen LogP contribution < -0.4 is 0 Å². The van der Waals surface area contributed by atoms with Crippen molar-refractivity contribution in [2.75, 3.05) is 6.61 Å². The molecule has 0 aliphatic carbocycles. The van der Waals surface area contributed by atoms with Gasteiger partial charge in [-0.3, -0.25) is 0 Å². The Balaban J connectivity index is 0.00000116. The third kappa shape index (κ3) is 4.34. The van der Waals surface area contributed by atoms with Crippen LogP contribution in [0.15, 0.2) is 24.3 Å². The largest absolute Gasteiger partial charge is 0.461 e. The first-order chi connectivity index (χ1) is 10.3. The Bertz CT molecular complexity index is 636. The summed E-state index contributed by atoms with van der Waals surface area (Å²) in [6, 6.07) is 7.82. The normalized spacial score (nSPS) is 11.0. The molecule has 2 rings (SSSR count). The van der Waals surface area contributed by atoms with E-state index in [-0.39, 0.29) is 5.97 Å². The molecule has 0 saturated heterocycles. The van der Waals surface area contributed by atoms with E-state index in [1.165, 1.54) is 0 Å². The van der Waals surface area contributed by atoms with E-state index >= 15 is 0 Å². The molecule has 0 aliphatic heterocycles. The molecule has 0 atom stereocenters. The van der Waals surface area contributed by atoms with Gasteiger partial charge in [-0.15, -0.1) is 0 Å². The van der Waals surface area contributed by atoms with E-state index < -0.39 is 5.60 Å². The Kier molecular flexibility index (Phi) is 6.18. The molecule has 0 radical (unpaired) electrons. The van der Waals surface area contributed by atoms with E-state index in [9.17, 15) is 9.90 Å². The minimum atomic E-state index is -0.906. The highest BCUT2D eigenvalue weighted by Crippen LogP contribution is 2.24. The van der Waals surface area contributed by atoms with E-state index in [1.807, 2.05) is 49.6 Å². The van der Waals surface area contributed by atoms with Crippen molar-refractivity contribution in [3.8, 4) is 0 Å². The molecular formula is C18H27NO3. The van der Waals surface area contributed by atoms with Crippen LogP contribution in [0, 0.1) is 6.92 Å². The molecule has 4 nitrogen and oxygen atoms in total. The van der Waals surface area contributed by atoms with Gasteiger partial charge in [-0.2, -0.15) is 0 Å². The Labute approximate surface area is 132 Å². The molecule has 1 aromatic heterocycles. The number of carbonyl (C=O) groups is 1. The van der Waals surface area contributed by atoms with E-state index in [4.69, 9.17) is 4.74 Å². The number of nitrogens with zero attached hydrogens (tertiary/aromatic N) is 1. The number of aliphatic hydroxyl groups is 1. The highest BCUT2D eigenvalue weighted by atomic mass is 16.5. The topological polar surface area (TPSA) is 51.5 Å². The summed E-state index contributed by atoms with van der Waals surface area (Å²) < 4.78 is 6.94. The van der Waals surface area contributed by atoms with Gasteiger partial charge in [0.2, 0.25) is 0 Å². The highest BCUT2D eigenvalue weighted by Gasteiger charge is 2.22. The van der Waals surface area contributed by atoms with E-state index in [1.54, 1.807) is 20.8 Å². The molecule has 0 aliphatic rings. The van der Waals surface area contributed by atoms with Gasteiger partial charge in [0, 0.05) is 10.9 Å². The van der Waals surface area contributed by atoms with Gasteiger partial charge < -0.3 is 14.4 Å². The highest BCUT2D eigenvalue weighted by molar-refractivity contribution is 5.95. The molecule has 1 N–H and O–H groups in total. The van der Waals surface area contributed by atoms with Gasteiger partial charge in [-0.05, 0) is 45.4 Å². The molecule has 0 amide bonds. The van der Waals surface area contributed by atoms with Crippen LogP contribution >= 0.6 is 0 Å². The predicted molar refractivity (Wildman–Crippen MR) is 90.3 cm³/mol. The van der Waals surface area contributed by atoms with Gasteiger partial charge >= 0.3 is 5.97 Å². The maximum atomic E-state index is 12.1. The zero-order chi connectivity index (χ0) is 16.9. The van der Waals surface area contributed by atoms with E-state index in [2.05, 4.69) is 0 Å². The van der Waals surface area contributed by atoms with Crippen molar-refractivity contribution in [1.29, 1.82) is 0 Å². The fourth-order valence-electron chi connectivity index (χ4n) is 2.30. The van der Waals surface area contributed by atoms with Crippen molar-refractivity contribution in [1.82, 2.24) is 4.57 Å². The lowest BCUT2D eigenvalue weighted by atomic mass is 10.1. The SMILES string of the molecule is CC.CCOC(=O)c1cc2ccc(C)cc2n1CC(C)(C)O. The summed E-state index contributed by atoms with van der Waals surface area (Å²) in [5.74, 6) is -0.356. The molecule has 0 unspecified atom stereocenters. The first-order valence-corrected chi connectivity index (χ1v) is 7.81.